The van der Waals surface area contributed by atoms with Crippen LogP contribution in [0, 0.1) is 11.6 Å². The van der Waals surface area contributed by atoms with Crippen LogP contribution < -0.4 is 26.4 Å². The first-order valence-corrected chi connectivity index (χ1v) is 13.3. The minimum atomic E-state index is -1.19. The van der Waals surface area contributed by atoms with Gasteiger partial charge in [-0.2, -0.15) is 4.39 Å². The molecule has 0 bridgehead atoms. The molecule has 2 amide bonds. The van der Waals surface area contributed by atoms with Gasteiger partial charge in [0.2, 0.25) is 11.7 Å². The van der Waals surface area contributed by atoms with Crippen LogP contribution in [0.25, 0.3) is 16.9 Å². The van der Waals surface area contributed by atoms with Gasteiger partial charge in [0, 0.05) is 54.7 Å². The molecule has 5 rings (SSSR count). The number of rotatable bonds is 11. The fourth-order valence-electron chi connectivity index (χ4n) is 4.32. The van der Waals surface area contributed by atoms with Gasteiger partial charge in [0.25, 0.3) is 5.91 Å². The van der Waals surface area contributed by atoms with E-state index in [2.05, 4.69) is 35.9 Å². The van der Waals surface area contributed by atoms with Gasteiger partial charge in [0.1, 0.15) is 0 Å². The van der Waals surface area contributed by atoms with Crippen LogP contribution >= 0.6 is 0 Å². The second-order valence-corrected chi connectivity index (χ2v) is 9.15. The van der Waals surface area contributed by atoms with Crippen LogP contribution in [0.4, 0.5) is 20.3 Å². The van der Waals surface area contributed by atoms with E-state index in [0.717, 1.165) is 5.56 Å². The van der Waals surface area contributed by atoms with Crippen LogP contribution in [0.3, 0.4) is 0 Å². The smallest absolute Gasteiger partial charge is 0.321 e. The number of imidazole rings is 1. The van der Waals surface area contributed by atoms with Crippen LogP contribution in [0.15, 0.2) is 67.4 Å². The molecule has 0 fully saturated rings. The predicted molar refractivity (Wildman–Crippen MR) is 154 cm³/mol. The maximum Gasteiger partial charge on any atom is 0.321 e. The Bertz CT molecular complexity index is 1780. The number of aryl methyl sites for hydroxylation is 1. The summed E-state index contributed by atoms with van der Waals surface area (Å²) in [6.45, 7) is 2.33. The fourth-order valence-corrected chi connectivity index (χ4v) is 4.32. The summed E-state index contributed by atoms with van der Waals surface area (Å²) < 4.78 is 37.0. The third kappa shape index (κ3) is 6.38. The highest BCUT2D eigenvalue weighted by molar-refractivity contribution is 5.96. The summed E-state index contributed by atoms with van der Waals surface area (Å²) in [5, 5.41) is 8.57. The molecule has 12 nitrogen and oxygen atoms in total. The Morgan fingerprint density at radius 2 is 1.77 bits per heavy atom. The Kier molecular flexibility index (Phi) is 8.77. The van der Waals surface area contributed by atoms with Gasteiger partial charge in [-0.05, 0) is 48.4 Å². The lowest BCUT2D eigenvalue weighted by Crippen LogP contribution is -2.37. The lowest BCUT2D eigenvalue weighted by atomic mass is 10.0. The molecule has 43 heavy (non-hydrogen) atoms. The monoisotopic (exact) mass is 587 g/mol. The molecule has 0 aliphatic rings. The van der Waals surface area contributed by atoms with Crippen molar-refractivity contribution in [1.29, 1.82) is 0 Å². The topological polar surface area (TPSA) is 161 Å². The maximum atomic E-state index is 15.2. The standard InChI is InChI=1S/C29H27F2N9O3/c1-2-17-14-18(4-5-19(17)28(42)35-11-10-33-23(41)15-32)39-26-27-38-16-21(40(27)13-12-34-26)20-6-7-22(25(31)24(20)30)43-29-36-8-3-9-37-29/h3-9,12-14,16H,2,10-11,15,32H2,1H3,(H,33,41)(H,34,39)(H,35,42). The van der Waals surface area contributed by atoms with Crippen molar-refractivity contribution < 1.29 is 23.1 Å². The van der Waals surface area contributed by atoms with Crippen LogP contribution in [-0.2, 0) is 11.2 Å². The van der Waals surface area contributed by atoms with Crippen molar-refractivity contribution in [3.8, 4) is 23.0 Å². The van der Waals surface area contributed by atoms with Gasteiger partial charge >= 0.3 is 6.01 Å². The SMILES string of the molecule is CCc1cc(Nc2nccn3c(-c4ccc(Oc5ncccn5)c(F)c4F)cnc23)ccc1C(=O)NCCNC(=O)CN. The number of carbonyl (C=O) groups is 2. The zero-order chi connectivity index (χ0) is 30.3. The number of hydrogen-bond acceptors (Lipinski definition) is 9. The molecule has 0 saturated carbocycles. The van der Waals surface area contributed by atoms with Crippen molar-refractivity contribution in [2.75, 3.05) is 25.0 Å². The highest BCUT2D eigenvalue weighted by Crippen LogP contribution is 2.33. The molecule has 0 spiro atoms. The van der Waals surface area contributed by atoms with Crippen LogP contribution in [0.2, 0.25) is 0 Å². The molecule has 14 heteroatoms. The molecular weight excluding hydrogens is 560 g/mol. The first kappa shape index (κ1) is 29.0. The van der Waals surface area contributed by atoms with E-state index >= 15 is 4.39 Å². The summed E-state index contributed by atoms with van der Waals surface area (Å²) in [5.74, 6) is -2.87. The van der Waals surface area contributed by atoms with Crippen molar-refractivity contribution in [3.05, 3.63) is 90.1 Å². The van der Waals surface area contributed by atoms with E-state index in [9.17, 15) is 14.0 Å². The summed E-state index contributed by atoms with van der Waals surface area (Å²) in [5.41, 5.74) is 7.82. The number of aromatic nitrogens is 5. The van der Waals surface area contributed by atoms with Gasteiger partial charge in [-0.3, -0.25) is 14.0 Å². The third-order valence-corrected chi connectivity index (χ3v) is 6.41. The average Bonchev–Trinajstić information content (AvgIpc) is 3.46. The molecule has 3 aromatic heterocycles. The number of ether oxygens (including phenoxy) is 1. The number of amides is 2. The van der Waals surface area contributed by atoms with Gasteiger partial charge in [-0.25, -0.2) is 24.3 Å². The molecule has 0 aliphatic carbocycles. The van der Waals surface area contributed by atoms with Crippen molar-refractivity contribution >= 4 is 29.0 Å². The molecule has 0 saturated heterocycles. The van der Waals surface area contributed by atoms with E-state index in [1.54, 1.807) is 28.8 Å². The average molecular weight is 588 g/mol. The van der Waals surface area contributed by atoms with E-state index < -0.39 is 11.6 Å². The number of nitrogens with one attached hydrogen (secondary N) is 3. The Hall–Kier alpha value is -5.50. The van der Waals surface area contributed by atoms with Gasteiger partial charge in [-0.15, -0.1) is 0 Å². The van der Waals surface area contributed by atoms with E-state index in [-0.39, 0.29) is 48.8 Å². The van der Waals surface area contributed by atoms with Crippen LogP contribution in [0.1, 0.15) is 22.8 Å². The molecule has 220 valence electrons. The number of halogens is 2. The predicted octanol–water partition coefficient (Wildman–Crippen LogP) is 3.37. The van der Waals surface area contributed by atoms with Crippen molar-refractivity contribution in [1.82, 2.24) is 35.0 Å². The van der Waals surface area contributed by atoms with E-state index in [1.807, 2.05) is 13.0 Å². The van der Waals surface area contributed by atoms with E-state index in [1.165, 1.54) is 36.9 Å². The summed E-state index contributed by atoms with van der Waals surface area (Å²) in [6.07, 6.45) is 7.94. The minimum absolute atomic E-state index is 0.0327. The second kappa shape index (κ2) is 13.0. The number of nitrogens with two attached hydrogens (primary N) is 1. The van der Waals surface area contributed by atoms with Crippen molar-refractivity contribution in [2.24, 2.45) is 5.73 Å². The zero-order valence-corrected chi connectivity index (χ0v) is 23.0. The summed E-state index contributed by atoms with van der Waals surface area (Å²) in [7, 11) is 0. The van der Waals surface area contributed by atoms with E-state index in [0.29, 0.717) is 34.8 Å². The Morgan fingerprint density at radius 1 is 0.977 bits per heavy atom. The molecule has 2 aromatic carbocycles. The Labute approximate surface area is 244 Å². The molecule has 0 aliphatic heterocycles. The fraction of sp³-hybridized carbons (Fsp3) is 0.172. The van der Waals surface area contributed by atoms with Crippen LogP contribution in [0.5, 0.6) is 11.8 Å². The van der Waals surface area contributed by atoms with Gasteiger partial charge < -0.3 is 26.4 Å². The second-order valence-electron chi connectivity index (χ2n) is 9.15. The van der Waals surface area contributed by atoms with E-state index in [4.69, 9.17) is 10.5 Å². The first-order chi connectivity index (χ1) is 20.9. The number of benzene rings is 2. The molecule has 5 N–H and O–H groups in total. The number of carbonyl (C=O) groups excluding carboxylic acids is 2. The molecule has 0 atom stereocenters. The lowest BCUT2D eigenvalue weighted by molar-refractivity contribution is -0.119. The summed E-state index contributed by atoms with van der Waals surface area (Å²) in [6, 6.07) is 9.38. The van der Waals surface area contributed by atoms with Gasteiger partial charge in [0.05, 0.1) is 18.4 Å². The summed E-state index contributed by atoms with van der Waals surface area (Å²) in [4.78, 5) is 40.5. The summed E-state index contributed by atoms with van der Waals surface area (Å²) >= 11 is 0. The maximum absolute atomic E-state index is 15.2. The van der Waals surface area contributed by atoms with Gasteiger partial charge in [-0.1, -0.05) is 6.92 Å². The molecular formula is C29H27F2N9O3. The molecule has 3 heterocycles. The number of hydrogen-bond donors (Lipinski definition) is 4. The quantitative estimate of drug-likeness (QED) is 0.170. The largest absolute Gasteiger partial charge is 0.421 e. The Balaban J connectivity index is 1.35. The van der Waals surface area contributed by atoms with Crippen molar-refractivity contribution in [3.63, 3.8) is 0 Å². The van der Waals surface area contributed by atoms with Crippen LogP contribution in [-0.4, -0.2) is 55.8 Å². The van der Waals surface area contributed by atoms with Gasteiger partial charge in [0.15, 0.2) is 23.0 Å². The molecule has 0 radical (unpaired) electrons. The highest BCUT2D eigenvalue weighted by Gasteiger charge is 2.20. The molecule has 0 unspecified atom stereocenters. The third-order valence-electron chi connectivity index (χ3n) is 6.41. The lowest BCUT2D eigenvalue weighted by Gasteiger charge is -2.13. The first-order valence-electron chi connectivity index (χ1n) is 13.3. The number of fused-ring (bicyclic) bond motifs is 1. The van der Waals surface area contributed by atoms with Crippen molar-refractivity contribution in [2.45, 2.75) is 13.3 Å². The number of nitrogens with zero attached hydrogens (tertiary/aromatic N) is 5. The minimum Gasteiger partial charge on any atom is -0.421 e. The Morgan fingerprint density at radius 3 is 2.53 bits per heavy atom. The highest BCUT2D eigenvalue weighted by atomic mass is 19.2. The molecule has 5 aromatic rings. The number of anilines is 2. The zero-order valence-electron chi connectivity index (χ0n) is 23.0. The normalized spacial score (nSPS) is 10.9.